The zero-order valence-electron chi connectivity index (χ0n) is 19.5. The Balaban J connectivity index is 1.58. The predicted octanol–water partition coefficient (Wildman–Crippen LogP) is 4.04. The van der Waals surface area contributed by atoms with Crippen molar-refractivity contribution < 1.29 is 14.7 Å². The summed E-state index contributed by atoms with van der Waals surface area (Å²) in [6.45, 7) is 7.79. The number of carbonyl (C=O) groups is 2. The average Bonchev–Trinajstić information content (AvgIpc) is 3.31. The molecule has 0 aliphatic carbocycles. The maximum atomic E-state index is 11.7. The number of anilines is 1. The number of carboxylic acids is 1. The van der Waals surface area contributed by atoms with Gasteiger partial charge in [-0.3, -0.25) is 14.4 Å². The number of benzene rings is 1. The van der Waals surface area contributed by atoms with Crippen molar-refractivity contribution in [2.75, 3.05) is 18.0 Å². The van der Waals surface area contributed by atoms with Gasteiger partial charge in [-0.05, 0) is 51.3 Å². The van der Waals surface area contributed by atoms with Crippen molar-refractivity contribution in [3.05, 3.63) is 57.5 Å². The molecule has 1 atom stereocenters. The SMILES string of the molecule is Cc1sc2c(c1C)C(c1ccc(N3CCC(C=O)CC3)cc1)=N[C@@H](CC(=O)O)c1nnc(C)n1-2. The normalized spacial score (nSPS) is 18.1. The van der Waals surface area contributed by atoms with Crippen LogP contribution >= 0.6 is 11.3 Å². The number of aromatic nitrogens is 3. The molecule has 4 heterocycles. The summed E-state index contributed by atoms with van der Waals surface area (Å²) in [6, 6.07) is 7.68. The second-order valence-electron chi connectivity index (χ2n) is 9.00. The fraction of sp³-hybridized carbons (Fsp3) is 0.400. The summed E-state index contributed by atoms with van der Waals surface area (Å²) >= 11 is 1.66. The molecule has 0 spiro atoms. The van der Waals surface area contributed by atoms with Crippen LogP contribution in [0, 0.1) is 26.7 Å². The molecule has 1 fully saturated rings. The van der Waals surface area contributed by atoms with Crippen LogP contribution in [0.4, 0.5) is 5.69 Å². The van der Waals surface area contributed by atoms with Gasteiger partial charge in [0.2, 0.25) is 0 Å². The molecule has 1 N–H and O–H groups in total. The first-order valence-electron chi connectivity index (χ1n) is 11.5. The van der Waals surface area contributed by atoms with E-state index in [9.17, 15) is 14.7 Å². The van der Waals surface area contributed by atoms with Gasteiger partial charge in [0.1, 0.15) is 23.2 Å². The van der Waals surface area contributed by atoms with E-state index in [-0.39, 0.29) is 12.3 Å². The first-order chi connectivity index (χ1) is 16.4. The Hall–Kier alpha value is -3.33. The maximum absolute atomic E-state index is 11.7. The number of nitrogens with zero attached hydrogens (tertiary/aromatic N) is 5. The van der Waals surface area contributed by atoms with Crippen LogP contribution in [0.3, 0.4) is 0 Å². The largest absolute Gasteiger partial charge is 0.481 e. The highest BCUT2D eigenvalue weighted by Gasteiger charge is 2.32. The third-order valence-corrected chi connectivity index (χ3v) is 8.04. The number of carbonyl (C=O) groups excluding carboxylic acids is 1. The quantitative estimate of drug-likeness (QED) is 0.557. The van der Waals surface area contributed by atoms with Gasteiger partial charge in [-0.1, -0.05) is 12.1 Å². The van der Waals surface area contributed by atoms with Crippen molar-refractivity contribution in [2.24, 2.45) is 10.9 Å². The van der Waals surface area contributed by atoms with E-state index >= 15 is 0 Å². The smallest absolute Gasteiger partial charge is 0.306 e. The number of hydrogen-bond acceptors (Lipinski definition) is 7. The standard InChI is InChI=1S/C25H27N5O3S/c1-14-15(2)34-25-22(14)23(26-20(12-21(32)33)24-28-27-16(3)30(24)25)18-4-6-19(7-5-18)29-10-8-17(13-31)9-11-29/h4-7,13,17,20H,8-12H2,1-3H3,(H,32,33)/t20-/m0/s1. The summed E-state index contributed by atoms with van der Waals surface area (Å²) < 4.78 is 1.97. The number of thiophene rings is 1. The average molecular weight is 478 g/mol. The van der Waals surface area contributed by atoms with Crippen molar-refractivity contribution in [3.8, 4) is 5.00 Å². The molecule has 2 aromatic heterocycles. The molecule has 5 rings (SSSR count). The molecule has 2 aliphatic rings. The van der Waals surface area contributed by atoms with Gasteiger partial charge in [-0.15, -0.1) is 21.5 Å². The number of fused-ring (bicyclic) bond motifs is 3. The van der Waals surface area contributed by atoms with Crippen molar-refractivity contribution in [2.45, 2.75) is 46.1 Å². The molecule has 0 bridgehead atoms. The molecular weight excluding hydrogens is 450 g/mol. The Morgan fingerprint density at radius 1 is 1.15 bits per heavy atom. The zero-order chi connectivity index (χ0) is 24.0. The number of hydrogen-bond donors (Lipinski definition) is 1. The predicted molar refractivity (Wildman–Crippen MR) is 132 cm³/mol. The molecule has 8 nitrogen and oxygen atoms in total. The number of aldehydes is 1. The van der Waals surface area contributed by atoms with Gasteiger partial charge in [-0.25, -0.2) is 0 Å². The highest BCUT2D eigenvalue weighted by Crippen LogP contribution is 2.39. The Kier molecular flexibility index (Phi) is 5.81. The van der Waals surface area contributed by atoms with E-state index < -0.39 is 12.0 Å². The molecule has 1 aromatic carbocycles. The van der Waals surface area contributed by atoms with Gasteiger partial charge in [-0.2, -0.15) is 0 Å². The van der Waals surface area contributed by atoms with Crippen molar-refractivity contribution in [1.82, 2.24) is 14.8 Å². The van der Waals surface area contributed by atoms with Crippen LogP contribution in [0.5, 0.6) is 0 Å². The fourth-order valence-corrected chi connectivity index (χ4v) is 6.03. The van der Waals surface area contributed by atoms with Gasteiger partial charge in [0.25, 0.3) is 0 Å². The van der Waals surface area contributed by atoms with E-state index in [0.29, 0.717) is 5.82 Å². The lowest BCUT2D eigenvalue weighted by molar-refractivity contribution is -0.137. The van der Waals surface area contributed by atoms with Crippen LogP contribution < -0.4 is 4.90 Å². The second-order valence-corrected chi connectivity index (χ2v) is 10.2. The summed E-state index contributed by atoms with van der Waals surface area (Å²) in [4.78, 5) is 31.2. The summed E-state index contributed by atoms with van der Waals surface area (Å²) in [7, 11) is 0. The van der Waals surface area contributed by atoms with Crippen LogP contribution in [0.25, 0.3) is 5.00 Å². The third-order valence-electron chi connectivity index (χ3n) is 6.85. The van der Waals surface area contributed by atoms with Crippen LogP contribution in [0.1, 0.15) is 58.5 Å². The van der Waals surface area contributed by atoms with E-state index in [4.69, 9.17) is 4.99 Å². The monoisotopic (exact) mass is 477 g/mol. The molecule has 176 valence electrons. The maximum Gasteiger partial charge on any atom is 0.306 e. The third kappa shape index (κ3) is 3.83. The lowest BCUT2D eigenvalue weighted by Crippen LogP contribution is -2.34. The van der Waals surface area contributed by atoms with E-state index in [2.05, 4.69) is 53.2 Å². The molecule has 0 unspecified atom stereocenters. The summed E-state index contributed by atoms with van der Waals surface area (Å²) in [5, 5.41) is 19.1. The Labute approximate surface area is 202 Å². The Bertz CT molecular complexity index is 1280. The lowest BCUT2D eigenvalue weighted by Gasteiger charge is -2.31. The van der Waals surface area contributed by atoms with Gasteiger partial charge in [0, 0.05) is 40.7 Å². The minimum absolute atomic E-state index is 0.154. The van der Waals surface area contributed by atoms with Crippen LogP contribution in [0.15, 0.2) is 29.3 Å². The summed E-state index contributed by atoms with van der Waals surface area (Å²) in [6.07, 6.45) is 2.68. The summed E-state index contributed by atoms with van der Waals surface area (Å²) in [5.41, 5.74) is 5.00. The highest BCUT2D eigenvalue weighted by atomic mass is 32.1. The molecule has 3 aromatic rings. The van der Waals surface area contributed by atoms with Crippen LogP contribution in [-0.4, -0.2) is 50.9 Å². The van der Waals surface area contributed by atoms with Gasteiger partial charge in [0.05, 0.1) is 12.1 Å². The minimum atomic E-state index is -0.924. The van der Waals surface area contributed by atoms with Gasteiger partial charge >= 0.3 is 5.97 Å². The first-order valence-corrected chi connectivity index (χ1v) is 12.3. The number of rotatable bonds is 5. The van der Waals surface area contributed by atoms with Gasteiger partial charge in [0.15, 0.2) is 5.82 Å². The molecule has 1 saturated heterocycles. The molecule has 2 aliphatic heterocycles. The highest BCUT2D eigenvalue weighted by molar-refractivity contribution is 7.15. The molecule has 9 heteroatoms. The van der Waals surface area contributed by atoms with E-state index in [1.165, 1.54) is 4.88 Å². The number of carboxylic acid groups (broad SMARTS) is 1. The number of aliphatic imine (C=N–C) groups is 1. The van der Waals surface area contributed by atoms with E-state index in [1.807, 2.05) is 11.5 Å². The first kappa shape index (κ1) is 22.5. The van der Waals surface area contributed by atoms with Crippen LogP contribution in [0.2, 0.25) is 0 Å². The van der Waals surface area contributed by atoms with Crippen molar-refractivity contribution in [1.29, 1.82) is 0 Å². The van der Waals surface area contributed by atoms with E-state index in [1.54, 1.807) is 11.3 Å². The summed E-state index contributed by atoms with van der Waals surface area (Å²) in [5.74, 6) is 0.521. The van der Waals surface area contributed by atoms with Crippen molar-refractivity contribution in [3.63, 3.8) is 0 Å². The van der Waals surface area contributed by atoms with E-state index in [0.717, 1.165) is 71.1 Å². The Morgan fingerprint density at radius 2 is 1.85 bits per heavy atom. The number of piperidine rings is 1. The van der Waals surface area contributed by atoms with Gasteiger partial charge < -0.3 is 14.8 Å². The molecule has 0 amide bonds. The molecular formula is C25H27N5O3S. The Morgan fingerprint density at radius 3 is 2.50 bits per heavy atom. The van der Waals surface area contributed by atoms with Crippen LogP contribution in [-0.2, 0) is 9.59 Å². The fourth-order valence-electron chi connectivity index (χ4n) is 4.81. The molecule has 0 radical (unpaired) electrons. The topological polar surface area (TPSA) is 101 Å². The minimum Gasteiger partial charge on any atom is -0.481 e. The lowest BCUT2D eigenvalue weighted by atomic mass is 9.97. The second kappa shape index (κ2) is 8.79. The zero-order valence-corrected chi connectivity index (χ0v) is 20.3. The number of aryl methyl sites for hydroxylation is 2. The molecule has 34 heavy (non-hydrogen) atoms. The van der Waals surface area contributed by atoms with Crippen molar-refractivity contribution >= 4 is 35.0 Å². The number of aliphatic carboxylic acids is 1. The molecule has 0 saturated carbocycles.